The fraction of sp³-hybridized carbons (Fsp3) is 0.346. The summed E-state index contributed by atoms with van der Waals surface area (Å²) in [6.07, 6.45) is 0.296. The standard InChI is InChI=1S/C26H29N5O8/c27-16(12-14-4-6-19(32)20(33)13-14)23(35)29-9-11-39-10-8-28-17-3-1-2-15-22(17)26(38)31(25(15)37)18-5-7-21(34)30-24(18)36/h1-4,6,13,16,18,28,32-33H,5,7-12,27H2,(H,29,35)(H,30,34,36)/t16-,18?/m0/s1. The Labute approximate surface area is 223 Å². The fourth-order valence-electron chi connectivity index (χ4n) is 4.44. The summed E-state index contributed by atoms with van der Waals surface area (Å²) in [6, 6.07) is 7.13. The molecule has 2 aromatic carbocycles. The Bertz CT molecular complexity index is 1310. The summed E-state index contributed by atoms with van der Waals surface area (Å²) in [6.45, 7) is 0.946. The molecule has 1 saturated heterocycles. The number of hydrogen-bond acceptors (Lipinski definition) is 10. The van der Waals surface area contributed by atoms with Crippen molar-refractivity contribution in [3.63, 3.8) is 0 Å². The fourth-order valence-corrected chi connectivity index (χ4v) is 4.44. The molecule has 7 N–H and O–H groups in total. The van der Waals surface area contributed by atoms with E-state index in [2.05, 4.69) is 16.0 Å². The summed E-state index contributed by atoms with van der Waals surface area (Å²) in [7, 11) is 0. The summed E-state index contributed by atoms with van der Waals surface area (Å²) in [5.74, 6) is -3.23. The predicted molar refractivity (Wildman–Crippen MR) is 137 cm³/mol. The lowest BCUT2D eigenvalue weighted by Crippen LogP contribution is -2.54. The van der Waals surface area contributed by atoms with Crippen LogP contribution in [0.5, 0.6) is 11.5 Å². The van der Waals surface area contributed by atoms with Crippen LogP contribution in [-0.4, -0.2) is 83.0 Å². The second-order valence-corrected chi connectivity index (χ2v) is 9.14. The third kappa shape index (κ3) is 6.16. The number of benzene rings is 2. The van der Waals surface area contributed by atoms with Crippen molar-refractivity contribution in [3.8, 4) is 11.5 Å². The van der Waals surface area contributed by atoms with Gasteiger partial charge in [0.25, 0.3) is 11.8 Å². The van der Waals surface area contributed by atoms with Crippen molar-refractivity contribution in [3.05, 3.63) is 53.1 Å². The van der Waals surface area contributed by atoms with Crippen molar-refractivity contribution in [2.75, 3.05) is 31.6 Å². The van der Waals surface area contributed by atoms with Crippen molar-refractivity contribution in [1.29, 1.82) is 0 Å². The number of nitrogens with two attached hydrogens (primary N) is 1. The number of anilines is 1. The highest BCUT2D eigenvalue weighted by Crippen LogP contribution is 2.32. The van der Waals surface area contributed by atoms with Gasteiger partial charge in [-0.2, -0.15) is 0 Å². The van der Waals surface area contributed by atoms with Gasteiger partial charge in [-0.15, -0.1) is 0 Å². The number of carbonyl (C=O) groups is 5. The molecule has 206 valence electrons. The number of imide groups is 2. The first-order valence-electron chi connectivity index (χ1n) is 12.4. The largest absolute Gasteiger partial charge is 0.504 e. The SMILES string of the molecule is N[C@@H](Cc1ccc(O)c(O)c1)C(=O)NCCOCCNc1cccc2c1C(=O)N(C1CCC(=O)NC1=O)C2=O. The van der Waals surface area contributed by atoms with Gasteiger partial charge in [-0.1, -0.05) is 12.1 Å². The van der Waals surface area contributed by atoms with Crippen LogP contribution in [-0.2, 0) is 25.5 Å². The number of ether oxygens (including phenoxy) is 1. The van der Waals surface area contributed by atoms with Crippen LogP contribution in [0.3, 0.4) is 0 Å². The number of carbonyl (C=O) groups excluding carboxylic acids is 5. The van der Waals surface area contributed by atoms with Crippen molar-refractivity contribution < 1.29 is 38.9 Å². The summed E-state index contributed by atoms with van der Waals surface area (Å²) < 4.78 is 5.51. The Hall–Kier alpha value is -4.49. The highest BCUT2D eigenvalue weighted by Gasteiger charge is 2.45. The molecular weight excluding hydrogens is 510 g/mol. The van der Waals surface area contributed by atoms with E-state index in [0.29, 0.717) is 17.8 Å². The van der Waals surface area contributed by atoms with Crippen LogP contribution in [0.4, 0.5) is 5.69 Å². The van der Waals surface area contributed by atoms with Gasteiger partial charge in [0.05, 0.1) is 30.4 Å². The summed E-state index contributed by atoms with van der Waals surface area (Å²) >= 11 is 0. The lowest BCUT2D eigenvalue weighted by atomic mass is 10.0. The molecule has 13 heteroatoms. The number of piperidine rings is 1. The lowest BCUT2D eigenvalue weighted by Gasteiger charge is -2.27. The van der Waals surface area contributed by atoms with E-state index in [4.69, 9.17) is 10.5 Å². The number of hydrogen-bond donors (Lipinski definition) is 6. The maximum Gasteiger partial charge on any atom is 0.264 e. The Morgan fingerprint density at radius 3 is 2.59 bits per heavy atom. The monoisotopic (exact) mass is 539 g/mol. The van der Waals surface area contributed by atoms with Crippen LogP contribution >= 0.6 is 0 Å². The molecule has 2 heterocycles. The summed E-state index contributed by atoms with van der Waals surface area (Å²) in [5.41, 5.74) is 7.26. The quantitative estimate of drug-likeness (QED) is 0.124. The van der Waals surface area contributed by atoms with Gasteiger partial charge in [-0.25, -0.2) is 0 Å². The molecule has 2 atom stereocenters. The molecule has 13 nitrogen and oxygen atoms in total. The average molecular weight is 540 g/mol. The minimum atomic E-state index is -1.04. The minimum absolute atomic E-state index is 0.0433. The molecule has 2 aliphatic heterocycles. The molecule has 2 aromatic rings. The highest BCUT2D eigenvalue weighted by molar-refractivity contribution is 6.25. The molecule has 0 saturated carbocycles. The Balaban J connectivity index is 1.20. The average Bonchev–Trinajstić information content (AvgIpc) is 3.15. The van der Waals surface area contributed by atoms with Crippen LogP contribution in [0.1, 0.15) is 39.1 Å². The minimum Gasteiger partial charge on any atom is -0.504 e. The van der Waals surface area contributed by atoms with Gasteiger partial charge in [0.2, 0.25) is 17.7 Å². The molecule has 0 spiro atoms. The van der Waals surface area contributed by atoms with Crippen LogP contribution in [0.25, 0.3) is 0 Å². The zero-order valence-corrected chi connectivity index (χ0v) is 20.9. The molecule has 4 rings (SSSR count). The van der Waals surface area contributed by atoms with Crippen molar-refractivity contribution in [2.24, 2.45) is 5.73 Å². The molecule has 2 aliphatic rings. The molecule has 1 fully saturated rings. The van der Waals surface area contributed by atoms with Crippen molar-refractivity contribution >= 4 is 35.2 Å². The smallest absolute Gasteiger partial charge is 0.264 e. The maximum atomic E-state index is 13.1. The number of phenolic OH excluding ortho intramolecular Hbond substituents is 2. The Kier molecular flexibility index (Phi) is 8.42. The number of nitrogens with one attached hydrogen (secondary N) is 3. The number of fused-ring (bicyclic) bond motifs is 1. The number of phenols is 2. The Morgan fingerprint density at radius 2 is 1.85 bits per heavy atom. The first kappa shape index (κ1) is 27.5. The van der Waals surface area contributed by atoms with Crippen molar-refractivity contribution in [1.82, 2.24) is 15.5 Å². The summed E-state index contributed by atoms with van der Waals surface area (Å²) in [5, 5.41) is 26.8. The van der Waals surface area contributed by atoms with Gasteiger partial charge in [0.1, 0.15) is 6.04 Å². The van der Waals surface area contributed by atoms with E-state index in [1.807, 2.05) is 0 Å². The lowest BCUT2D eigenvalue weighted by molar-refractivity contribution is -0.136. The van der Waals surface area contributed by atoms with Gasteiger partial charge < -0.3 is 31.3 Å². The van der Waals surface area contributed by atoms with E-state index < -0.39 is 41.6 Å². The van der Waals surface area contributed by atoms with E-state index in [9.17, 15) is 34.2 Å². The zero-order valence-electron chi connectivity index (χ0n) is 20.9. The van der Waals surface area contributed by atoms with Gasteiger partial charge in [0.15, 0.2) is 11.5 Å². The molecule has 0 aromatic heterocycles. The van der Waals surface area contributed by atoms with E-state index in [0.717, 1.165) is 4.90 Å². The van der Waals surface area contributed by atoms with Crippen LogP contribution in [0.2, 0.25) is 0 Å². The molecule has 0 bridgehead atoms. The predicted octanol–water partition coefficient (Wildman–Crippen LogP) is -0.386. The van der Waals surface area contributed by atoms with Gasteiger partial charge in [0, 0.05) is 25.2 Å². The van der Waals surface area contributed by atoms with E-state index in [1.165, 1.54) is 18.2 Å². The zero-order chi connectivity index (χ0) is 28.1. The number of rotatable bonds is 11. The van der Waals surface area contributed by atoms with Crippen molar-refractivity contribution in [2.45, 2.75) is 31.3 Å². The summed E-state index contributed by atoms with van der Waals surface area (Å²) in [4.78, 5) is 62.8. The normalized spacial score (nSPS) is 17.6. The highest BCUT2D eigenvalue weighted by atomic mass is 16.5. The number of aromatic hydroxyl groups is 2. The van der Waals surface area contributed by atoms with Crippen LogP contribution < -0.4 is 21.7 Å². The van der Waals surface area contributed by atoms with Gasteiger partial charge in [-0.3, -0.25) is 34.2 Å². The molecule has 5 amide bonds. The first-order chi connectivity index (χ1) is 18.7. The molecule has 0 aliphatic carbocycles. The Morgan fingerprint density at radius 1 is 1.08 bits per heavy atom. The second kappa shape index (κ2) is 11.9. The topological polar surface area (TPSA) is 200 Å². The third-order valence-corrected chi connectivity index (χ3v) is 6.41. The molecule has 0 radical (unpaired) electrons. The van der Waals surface area contributed by atoms with Crippen LogP contribution in [0, 0.1) is 0 Å². The van der Waals surface area contributed by atoms with E-state index in [-0.39, 0.29) is 61.6 Å². The second-order valence-electron chi connectivity index (χ2n) is 9.14. The third-order valence-electron chi connectivity index (χ3n) is 6.41. The number of nitrogens with zero attached hydrogens (tertiary/aromatic N) is 1. The van der Waals surface area contributed by atoms with Crippen LogP contribution in [0.15, 0.2) is 36.4 Å². The van der Waals surface area contributed by atoms with Gasteiger partial charge >= 0.3 is 0 Å². The van der Waals surface area contributed by atoms with Gasteiger partial charge in [-0.05, 0) is 42.7 Å². The van der Waals surface area contributed by atoms with E-state index in [1.54, 1.807) is 18.2 Å². The van der Waals surface area contributed by atoms with E-state index >= 15 is 0 Å². The molecular formula is C26H29N5O8. The molecule has 1 unspecified atom stereocenters. The molecule has 39 heavy (non-hydrogen) atoms. The maximum absolute atomic E-state index is 13.1. The first-order valence-corrected chi connectivity index (χ1v) is 12.4. The number of amides is 5.